The molecule has 0 saturated carbocycles. The first-order chi connectivity index (χ1) is 13.6. The quantitative estimate of drug-likeness (QED) is 0.316. The Labute approximate surface area is 167 Å². The van der Waals surface area contributed by atoms with Crippen LogP contribution in [0.4, 0.5) is 4.79 Å². The van der Waals surface area contributed by atoms with Crippen molar-refractivity contribution in [2.75, 3.05) is 0 Å². The fourth-order valence-corrected chi connectivity index (χ4v) is 4.43. The van der Waals surface area contributed by atoms with Crippen molar-refractivity contribution in [2.45, 2.75) is 19.6 Å². The molecule has 0 bridgehead atoms. The van der Waals surface area contributed by atoms with E-state index in [4.69, 9.17) is 16.3 Å². The highest BCUT2D eigenvalue weighted by atomic mass is 35.5. The fraction of sp³-hybridized carbons (Fsp3) is 0.125. The van der Waals surface area contributed by atoms with Gasteiger partial charge in [0.15, 0.2) is 0 Å². The number of ether oxygens (including phenoxy) is 1. The van der Waals surface area contributed by atoms with E-state index < -0.39 is 5.43 Å². The third-order valence-corrected chi connectivity index (χ3v) is 5.46. The molecule has 138 valence electrons. The first kappa shape index (κ1) is 17.1. The largest absolute Gasteiger partial charge is 0.449 e. The zero-order valence-electron chi connectivity index (χ0n) is 15.4. The van der Waals surface area contributed by atoms with Crippen LogP contribution in [0.1, 0.15) is 6.92 Å². The Morgan fingerprint density at radius 2 is 1.54 bits per heavy atom. The van der Waals surface area contributed by atoms with Gasteiger partial charge in [-0.3, -0.25) is 0 Å². The molecule has 0 radical (unpaired) electrons. The summed E-state index contributed by atoms with van der Waals surface area (Å²) in [7, 11) is 0. The zero-order valence-corrected chi connectivity index (χ0v) is 16.1. The molecule has 1 heterocycles. The number of rotatable bonds is 3. The van der Waals surface area contributed by atoms with Crippen molar-refractivity contribution in [3.8, 4) is 0 Å². The van der Waals surface area contributed by atoms with E-state index in [9.17, 15) is 4.79 Å². The third kappa shape index (κ3) is 2.62. The van der Waals surface area contributed by atoms with Crippen LogP contribution in [0.15, 0.2) is 72.8 Å². The summed E-state index contributed by atoms with van der Waals surface area (Å²) < 4.78 is 7.48. The van der Waals surface area contributed by atoms with Gasteiger partial charge in [-0.05, 0) is 29.1 Å². The molecular formula is C24H18ClNO2. The molecule has 3 nitrogen and oxygen atoms in total. The standard InChI is InChI=1S/C24H18ClNO2/c1-15(28-24(25)27)14-26-21-13-11-16-6-2-4-8-18(16)22(21)20-12-10-17-7-3-5-9-19(17)23(20)26/h2-13,15H,14H2,1H3. The van der Waals surface area contributed by atoms with Gasteiger partial charge in [-0.1, -0.05) is 66.7 Å². The van der Waals surface area contributed by atoms with E-state index >= 15 is 0 Å². The van der Waals surface area contributed by atoms with Gasteiger partial charge in [-0.15, -0.1) is 0 Å². The highest BCUT2D eigenvalue weighted by Gasteiger charge is 2.18. The molecule has 1 aromatic heterocycles. The first-order valence-electron chi connectivity index (χ1n) is 9.31. The summed E-state index contributed by atoms with van der Waals surface area (Å²) >= 11 is 5.45. The summed E-state index contributed by atoms with van der Waals surface area (Å²) in [5, 5.41) is 7.23. The molecule has 1 atom stereocenters. The second-order valence-electron chi connectivity index (χ2n) is 7.14. The van der Waals surface area contributed by atoms with Crippen molar-refractivity contribution in [1.82, 2.24) is 4.57 Å². The second-order valence-corrected chi connectivity index (χ2v) is 7.45. The van der Waals surface area contributed by atoms with Crippen LogP contribution in [0.25, 0.3) is 43.4 Å². The van der Waals surface area contributed by atoms with Crippen molar-refractivity contribution >= 4 is 60.4 Å². The maximum Gasteiger partial charge on any atom is 0.404 e. The number of halogens is 1. The molecule has 0 fully saturated rings. The van der Waals surface area contributed by atoms with Crippen LogP contribution in [0.2, 0.25) is 0 Å². The third-order valence-electron chi connectivity index (χ3n) is 5.37. The Hall–Kier alpha value is -3.04. The second kappa shape index (κ2) is 6.54. The normalized spacial score (nSPS) is 12.8. The molecule has 28 heavy (non-hydrogen) atoms. The number of carbonyl (C=O) groups excluding carboxylic acids is 1. The monoisotopic (exact) mass is 387 g/mol. The molecule has 0 amide bonds. The predicted molar refractivity (Wildman–Crippen MR) is 116 cm³/mol. The van der Waals surface area contributed by atoms with Crippen molar-refractivity contribution in [3.63, 3.8) is 0 Å². The SMILES string of the molecule is CC(Cn1c2ccc3ccccc3c2c2ccc3ccccc3c21)OC(=O)Cl. The molecule has 5 rings (SSSR count). The number of nitrogens with zero attached hydrogens (tertiary/aromatic N) is 1. The van der Waals surface area contributed by atoms with Gasteiger partial charge in [0.25, 0.3) is 0 Å². The lowest BCUT2D eigenvalue weighted by molar-refractivity contribution is 0.122. The van der Waals surface area contributed by atoms with Gasteiger partial charge in [-0.25, -0.2) is 4.79 Å². The van der Waals surface area contributed by atoms with Crippen LogP contribution in [0.3, 0.4) is 0 Å². The molecule has 0 N–H and O–H groups in total. The Balaban J connectivity index is 1.92. The van der Waals surface area contributed by atoms with Gasteiger partial charge in [0.05, 0.1) is 12.1 Å². The van der Waals surface area contributed by atoms with Gasteiger partial charge in [0.2, 0.25) is 0 Å². The average Bonchev–Trinajstić information content (AvgIpc) is 3.02. The number of benzene rings is 4. The molecule has 0 aliphatic carbocycles. The highest BCUT2D eigenvalue weighted by Crippen LogP contribution is 2.38. The minimum Gasteiger partial charge on any atom is -0.449 e. The molecule has 4 heteroatoms. The Bertz CT molecular complexity index is 1370. The van der Waals surface area contributed by atoms with Crippen LogP contribution in [-0.2, 0) is 11.3 Å². The summed E-state index contributed by atoms with van der Waals surface area (Å²) in [5.41, 5.74) is 1.51. The molecule has 1 unspecified atom stereocenters. The lowest BCUT2D eigenvalue weighted by Gasteiger charge is -2.15. The van der Waals surface area contributed by atoms with Gasteiger partial charge in [0.1, 0.15) is 6.10 Å². The first-order valence-corrected chi connectivity index (χ1v) is 9.69. The van der Waals surface area contributed by atoms with Gasteiger partial charge >= 0.3 is 5.43 Å². The Kier molecular flexibility index (Phi) is 3.99. The molecule has 5 aromatic rings. The summed E-state index contributed by atoms with van der Waals surface area (Å²) in [5.74, 6) is 0. The van der Waals surface area contributed by atoms with Crippen LogP contribution in [-0.4, -0.2) is 16.1 Å². The topological polar surface area (TPSA) is 31.2 Å². The lowest BCUT2D eigenvalue weighted by Crippen LogP contribution is -2.17. The van der Waals surface area contributed by atoms with Gasteiger partial charge < -0.3 is 9.30 Å². The number of carbonyl (C=O) groups is 1. The Morgan fingerprint density at radius 1 is 0.893 bits per heavy atom. The number of hydrogen-bond acceptors (Lipinski definition) is 2. The minimum atomic E-state index is -0.774. The molecule has 0 saturated heterocycles. The van der Waals surface area contributed by atoms with Gasteiger partial charge in [0, 0.05) is 33.3 Å². The van der Waals surface area contributed by atoms with E-state index in [2.05, 4.69) is 77.4 Å². The molecule has 0 spiro atoms. The molecular weight excluding hydrogens is 370 g/mol. The van der Waals surface area contributed by atoms with E-state index in [0.29, 0.717) is 6.54 Å². The predicted octanol–water partition coefficient (Wildman–Crippen LogP) is 6.86. The van der Waals surface area contributed by atoms with Crippen LogP contribution >= 0.6 is 11.6 Å². The van der Waals surface area contributed by atoms with Crippen LogP contribution in [0, 0.1) is 0 Å². The highest BCUT2D eigenvalue weighted by molar-refractivity contribution is 6.61. The van der Waals surface area contributed by atoms with Crippen LogP contribution in [0.5, 0.6) is 0 Å². The average molecular weight is 388 g/mol. The number of fused-ring (bicyclic) bond motifs is 7. The minimum absolute atomic E-state index is 0.339. The summed E-state index contributed by atoms with van der Waals surface area (Å²) in [6.45, 7) is 2.40. The van der Waals surface area contributed by atoms with E-state index in [1.165, 1.54) is 32.3 Å². The number of hydrogen-bond donors (Lipinski definition) is 0. The smallest absolute Gasteiger partial charge is 0.404 e. The van der Waals surface area contributed by atoms with Crippen molar-refractivity contribution < 1.29 is 9.53 Å². The van der Waals surface area contributed by atoms with E-state index in [1.807, 2.05) is 6.92 Å². The lowest BCUT2D eigenvalue weighted by atomic mass is 10.0. The molecule has 0 aliphatic heterocycles. The number of aromatic nitrogens is 1. The van der Waals surface area contributed by atoms with Crippen LogP contribution < -0.4 is 0 Å². The molecule has 4 aromatic carbocycles. The van der Waals surface area contributed by atoms with Gasteiger partial charge in [-0.2, -0.15) is 0 Å². The van der Waals surface area contributed by atoms with E-state index in [-0.39, 0.29) is 6.10 Å². The maximum absolute atomic E-state index is 11.2. The summed E-state index contributed by atoms with van der Waals surface area (Å²) in [4.78, 5) is 11.2. The van der Waals surface area contributed by atoms with Crippen molar-refractivity contribution in [1.29, 1.82) is 0 Å². The Morgan fingerprint density at radius 3 is 2.29 bits per heavy atom. The summed E-state index contributed by atoms with van der Waals surface area (Å²) in [6.07, 6.45) is -0.339. The van der Waals surface area contributed by atoms with E-state index in [1.54, 1.807) is 0 Å². The zero-order chi connectivity index (χ0) is 19.3. The molecule has 0 aliphatic rings. The fourth-order valence-electron chi connectivity index (χ4n) is 4.28. The van der Waals surface area contributed by atoms with Crippen molar-refractivity contribution in [3.05, 3.63) is 72.8 Å². The van der Waals surface area contributed by atoms with E-state index in [0.717, 1.165) is 11.0 Å². The van der Waals surface area contributed by atoms with Crippen molar-refractivity contribution in [2.24, 2.45) is 0 Å². The summed E-state index contributed by atoms with van der Waals surface area (Å²) in [6, 6.07) is 25.5. The maximum atomic E-state index is 11.2.